The third kappa shape index (κ3) is 4.89. The molecule has 2 N–H and O–H groups in total. The second-order valence-corrected chi connectivity index (χ2v) is 6.36. The molecule has 7 nitrogen and oxygen atoms in total. The Bertz CT molecular complexity index is 375. The van der Waals surface area contributed by atoms with E-state index in [1.165, 1.54) is 4.31 Å². The summed E-state index contributed by atoms with van der Waals surface area (Å²) >= 11 is 0. The first-order valence-electron chi connectivity index (χ1n) is 6.03. The first-order chi connectivity index (χ1) is 8.31. The zero-order chi connectivity index (χ0) is 13.8. The van der Waals surface area contributed by atoms with E-state index in [4.69, 9.17) is 5.11 Å². The average molecular weight is 279 g/mol. The summed E-state index contributed by atoms with van der Waals surface area (Å²) in [6.07, 6.45) is 0.0942. The highest BCUT2D eigenvalue weighted by molar-refractivity contribution is 7.87. The summed E-state index contributed by atoms with van der Waals surface area (Å²) in [5, 5.41) is 8.58. The summed E-state index contributed by atoms with van der Waals surface area (Å²) in [7, 11) is -3.40. The highest BCUT2D eigenvalue weighted by Crippen LogP contribution is 2.07. The number of carboxylic acid groups (broad SMARTS) is 1. The van der Waals surface area contributed by atoms with Crippen LogP contribution in [0.4, 0.5) is 0 Å². The SMILES string of the molecule is CC(C)NS(=O)(=O)N1CCN(CCC(=O)O)CC1. The lowest BCUT2D eigenvalue weighted by Gasteiger charge is -2.33. The lowest BCUT2D eigenvalue weighted by atomic mass is 10.3. The zero-order valence-electron chi connectivity index (χ0n) is 10.8. The van der Waals surface area contributed by atoms with Crippen LogP contribution in [-0.2, 0) is 15.0 Å². The summed E-state index contributed by atoms with van der Waals surface area (Å²) in [6.45, 7) is 5.99. The van der Waals surface area contributed by atoms with E-state index in [9.17, 15) is 13.2 Å². The van der Waals surface area contributed by atoms with Crippen LogP contribution in [0.2, 0.25) is 0 Å². The molecule has 106 valence electrons. The minimum absolute atomic E-state index is 0.0942. The quantitative estimate of drug-likeness (QED) is 0.672. The number of nitrogens with zero attached hydrogens (tertiary/aromatic N) is 2. The van der Waals surface area contributed by atoms with Crippen molar-refractivity contribution in [2.45, 2.75) is 26.3 Å². The molecule has 0 radical (unpaired) electrons. The maximum Gasteiger partial charge on any atom is 0.304 e. The van der Waals surface area contributed by atoms with Gasteiger partial charge >= 0.3 is 5.97 Å². The van der Waals surface area contributed by atoms with Crippen molar-refractivity contribution in [3.63, 3.8) is 0 Å². The molecule has 1 heterocycles. The number of carboxylic acids is 1. The van der Waals surface area contributed by atoms with Crippen molar-refractivity contribution in [1.29, 1.82) is 0 Å². The van der Waals surface area contributed by atoms with E-state index < -0.39 is 16.2 Å². The number of nitrogens with one attached hydrogen (secondary N) is 1. The highest BCUT2D eigenvalue weighted by Gasteiger charge is 2.27. The van der Waals surface area contributed by atoms with Crippen molar-refractivity contribution in [1.82, 2.24) is 13.9 Å². The Balaban J connectivity index is 2.41. The third-order valence-corrected chi connectivity index (χ3v) is 4.51. The lowest BCUT2D eigenvalue weighted by Crippen LogP contribution is -2.53. The number of aliphatic carboxylic acids is 1. The Morgan fingerprint density at radius 3 is 2.28 bits per heavy atom. The van der Waals surface area contributed by atoms with Crippen LogP contribution in [0.3, 0.4) is 0 Å². The van der Waals surface area contributed by atoms with Crippen molar-refractivity contribution in [2.24, 2.45) is 0 Å². The fourth-order valence-corrected chi connectivity index (χ4v) is 3.21. The third-order valence-electron chi connectivity index (χ3n) is 2.70. The zero-order valence-corrected chi connectivity index (χ0v) is 11.6. The van der Waals surface area contributed by atoms with Crippen molar-refractivity contribution >= 4 is 16.2 Å². The van der Waals surface area contributed by atoms with Crippen LogP contribution >= 0.6 is 0 Å². The van der Waals surface area contributed by atoms with Crippen LogP contribution < -0.4 is 4.72 Å². The Morgan fingerprint density at radius 1 is 1.28 bits per heavy atom. The molecule has 0 aromatic rings. The van der Waals surface area contributed by atoms with Crippen LogP contribution in [0.5, 0.6) is 0 Å². The molecule has 0 saturated carbocycles. The molecule has 8 heteroatoms. The topological polar surface area (TPSA) is 90.0 Å². The smallest absolute Gasteiger partial charge is 0.304 e. The normalized spacial score (nSPS) is 19.3. The summed E-state index contributed by atoms with van der Waals surface area (Å²) in [6, 6.07) is -0.125. The molecular formula is C10H21N3O4S. The van der Waals surface area contributed by atoms with E-state index in [0.29, 0.717) is 32.7 Å². The van der Waals surface area contributed by atoms with E-state index in [2.05, 4.69) is 4.72 Å². The number of hydrogen-bond donors (Lipinski definition) is 2. The first kappa shape index (κ1) is 15.4. The van der Waals surface area contributed by atoms with Gasteiger partial charge in [-0.25, -0.2) is 0 Å². The second kappa shape index (κ2) is 6.46. The largest absolute Gasteiger partial charge is 0.481 e. The molecule has 1 rings (SSSR count). The average Bonchev–Trinajstić information content (AvgIpc) is 2.25. The van der Waals surface area contributed by atoms with Gasteiger partial charge in [0.1, 0.15) is 0 Å². The minimum Gasteiger partial charge on any atom is -0.481 e. The van der Waals surface area contributed by atoms with Crippen LogP contribution in [-0.4, -0.2) is 67.5 Å². The summed E-state index contributed by atoms with van der Waals surface area (Å²) in [5.74, 6) is -0.827. The van der Waals surface area contributed by atoms with E-state index in [1.807, 2.05) is 4.90 Å². The molecule has 18 heavy (non-hydrogen) atoms. The van der Waals surface area contributed by atoms with Crippen molar-refractivity contribution in [2.75, 3.05) is 32.7 Å². The summed E-state index contributed by atoms with van der Waals surface area (Å²) < 4.78 is 27.7. The van der Waals surface area contributed by atoms with Crippen molar-refractivity contribution < 1.29 is 18.3 Å². The Labute approximate surface area is 108 Å². The van der Waals surface area contributed by atoms with Gasteiger partial charge in [-0.05, 0) is 13.8 Å². The Hall–Kier alpha value is -0.700. The van der Waals surface area contributed by atoms with Crippen LogP contribution in [0.1, 0.15) is 20.3 Å². The molecule has 1 fully saturated rings. The standard InChI is InChI=1S/C10H21N3O4S/c1-9(2)11-18(16,17)13-7-5-12(6-8-13)4-3-10(14)15/h9,11H,3-8H2,1-2H3,(H,14,15). The molecule has 0 aromatic carbocycles. The fraction of sp³-hybridized carbons (Fsp3) is 0.900. The Kier molecular flexibility index (Phi) is 5.51. The van der Waals surface area contributed by atoms with Crippen molar-refractivity contribution in [3.8, 4) is 0 Å². The number of piperazine rings is 1. The molecule has 0 aromatic heterocycles. The Morgan fingerprint density at radius 2 is 1.83 bits per heavy atom. The van der Waals surface area contributed by atoms with Gasteiger partial charge in [-0.2, -0.15) is 17.4 Å². The number of rotatable bonds is 6. The molecule has 0 aliphatic carbocycles. The van der Waals surface area contributed by atoms with Crippen LogP contribution in [0, 0.1) is 0 Å². The maximum atomic E-state index is 11.9. The summed E-state index contributed by atoms with van der Waals surface area (Å²) in [5.41, 5.74) is 0. The molecule has 0 spiro atoms. The maximum absolute atomic E-state index is 11.9. The lowest BCUT2D eigenvalue weighted by molar-refractivity contribution is -0.137. The molecule has 0 unspecified atom stereocenters. The van der Waals surface area contributed by atoms with Gasteiger partial charge in [0.05, 0.1) is 6.42 Å². The van der Waals surface area contributed by atoms with Crippen molar-refractivity contribution in [3.05, 3.63) is 0 Å². The molecule has 1 saturated heterocycles. The van der Waals surface area contributed by atoms with Gasteiger partial charge < -0.3 is 10.0 Å². The monoisotopic (exact) mass is 279 g/mol. The number of carbonyl (C=O) groups is 1. The molecular weight excluding hydrogens is 258 g/mol. The fourth-order valence-electron chi connectivity index (χ4n) is 1.82. The number of hydrogen-bond acceptors (Lipinski definition) is 4. The van der Waals surface area contributed by atoms with Gasteiger partial charge in [0.15, 0.2) is 0 Å². The predicted octanol–water partition coefficient (Wildman–Crippen LogP) is -0.678. The van der Waals surface area contributed by atoms with Gasteiger partial charge in [0.2, 0.25) is 0 Å². The minimum atomic E-state index is -3.40. The molecule has 0 amide bonds. The first-order valence-corrected chi connectivity index (χ1v) is 7.47. The molecule has 1 aliphatic rings. The summed E-state index contributed by atoms with van der Waals surface area (Å²) in [4.78, 5) is 12.4. The molecule has 0 atom stereocenters. The van der Waals surface area contributed by atoms with Gasteiger partial charge in [-0.1, -0.05) is 0 Å². The van der Waals surface area contributed by atoms with E-state index in [-0.39, 0.29) is 12.5 Å². The van der Waals surface area contributed by atoms with Gasteiger partial charge in [-0.15, -0.1) is 0 Å². The molecule has 1 aliphatic heterocycles. The van der Waals surface area contributed by atoms with Gasteiger partial charge in [-0.3, -0.25) is 4.79 Å². The van der Waals surface area contributed by atoms with E-state index in [0.717, 1.165) is 0 Å². The molecule has 0 bridgehead atoms. The predicted molar refractivity (Wildman–Crippen MR) is 67.5 cm³/mol. The van der Waals surface area contributed by atoms with Crippen LogP contribution in [0.25, 0.3) is 0 Å². The van der Waals surface area contributed by atoms with Crippen LogP contribution in [0.15, 0.2) is 0 Å². The highest BCUT2D eigenvalue weighted by atomic mass is 32.2. The van der Waals surface area contributed by atoms with Gasteiger partial charge in [0.25, 0.3) is 10.2 Å². The van der Waals surface area contributed by atoms with E-state index in [1.54, 1.807) is 13.8 Å². The van der Waals surface area contributed by atoms with Gasteiger partial charge in [0, 0.05) is 38.8 Å². The second-order valence-electron chi connectivity index (χ2n) is 4.66. The van der Waals surface area contributed by atoms with E-state index >= 15 is 0 Å².